The quantitative estimate of drug-likeness (QED) is 0.629. The first-order chi connectivity index (χ1) is 13.3. The minimum absolute atomic E-state index is 0.0707. The van der Waals surface area contributed by atoms with Crippen LogP contribution in [0.1, 0.15) is 27.0 Å². The van der Waals surface area contributed by atoms with Crippen LogP contribution in [0.2, 0.25) is 0 Å². The lowest BCUT2D eigenvalue weighted by Crippen LogP contribution is -2.13. The highest BCUT2D eigenvalue weighted by atomic mass is 19.4. The van der Waals surface area contributed by atoms with Crippen molar-refractivity contribution in [2.24, 2.45) is 0 Å². The highest BCUT2D eigenvalue weighted by Crippen LogP contribution is 2.30. The summed E-state index contributed by atoms with van der Waals surface area (Å²) in [7, 11) is 0. The molecule has 0 bridgehead atoms. The molecule has 144 valence electrons. The Hall–Kier alpha value is -3.35. The Bertz CT molecular complexity index is 952. The van der Waals surface area contributed by atoms with Crippen molar-refractivity contribution in [3.63, 3.8) is 0 Å². The summed E-state index contributed by atoms with van der Waals surface area (Å²) in [4.78, 5) is 16.4. The van der Waals surface area contributed by atoms with Crippen molar-refractivity contribution >= 4 is 17.4 Å². The molecule has 0 atom stereocenters. The number of rotatable bonds is 5. The minimum Gasteiger partial charge on any atom is -0.366 e. The summed E-state index contributed by atoms with van der Waals surface area (Å²) in [5, 5.41) is 5.61. The van der Waals surface area contributed by atoms with Crippen molar-refractivity contribution in [1.82, 2.24) is 4.98 Å². The number of pyridine rings is 1. The van der Waals surface area contributed by atoms with E-state index in [4.69, 9.17) is 0 Å². The van der Waals surface area contributed by atoms with Gasteiger partial charge in [-0.05, 0) is 42.8 Å². The normalized spacial score (nSPS) is 11.1. The largest absolute Gasteiger partial charge is 0.416 e. The zero-order valence-corrected chi connectivity index (χ0v) is 15.0. The number of nitrogens with one attached hydrogen (secondary N) is 2. The molecule has 0 aliphatic rings. The third-order valence-electron chi connectivity index (χ3n) is 4.07. The van der Waals surface area contributed by atoms with E-state index in [-0.39, 0.29) is 11.3 Å². The number of hydrogen-bond acceptors (Lipinski definition) is 3. The molecule has 7 heteroatoms. The number of aromatic nitrogens is 1. The van der Waals surface area contributed by atoms with Gasteiger partial charge in [0, 0.05) is 18.4 Å². The molecule has 0 spiro atoms. The van der Waals surface area contributed by atoms with E-state index < -0.39 is 17.6 Å². The second-order valence-electron chi connectivity index (χ2n) is 6.30. The lowest BCUT2D eigenvalue weighted by molar-refractivity contribution is -0.137. The maximum Gasteiger partial charge on any atom is 0.416 e. The van der Waals surface area contributed by atoms with Crippen LogP contribution in [0.5, 0.6) is 0 Å². The smallest absolute Gasteiger partial charge is 0.366 e. The summed E-state index contributed by atoms with van der Waals surface area (Å²) in [6, 6.07) is 15.8. The van der Waals surface area contributed by atoms with Gasteiger partial charge in [-0.1, -0.05) is 35.9 Å². The lowest BCUT2D eigenvalue weighted by Gasteiger charge is -2.10. The van der Waals surface area contributed by atoms with Crippen molar-refractivity contribution in [3.8, 4) is 0 Å². The third kappa shape index (κ3) is 5.09. The van der Waals surface area contributed by atoms with Crippen LogP contribution >= 0.6 is 0 Å². The van der Waals surface area contributed by atoms with Crippen molar-refractivity contribution in [2.45, 2.75) is 19.6 Å². The standard InChI is InChI=1S/C21H18F3N3O/c1-14-5-7-15(8-6-14)12-25-19-10-9-16(13-26-19)20(28)27-18-4-2-3-17(11-18)21(22,23)24/h2-11,13H,12H2,1H3,(H,25,26)(H,27,28). The molecule has 0 fully saturated rings. The molecule has 0 saturated heterocycles. The SMILES string of the molecule is Cc1ccc(CNc2ccc(C(=O)Nc3cccc(C(F)(F)F)c3)cn2)cc1. The highest BCUT2D eigenvalue weighted by molar-refractivity contribution is 6.04. The predicted octanol–water partition coefficient (Wildman–Crippen LogP) is 5.27. The molecule has 3 aromatic rings. The lowest BCUT2D eigenvalue weighted by atomic mass is 10.1. The second-order valence-corrected chi connectivity index (χ2v) is 6.30. The van der Waals surface area contributed by atoms with Crippen LogP contribution in [0.4, 0.5) is 24.7 Å². The zero-order valence-electron chi connectivity index (χ0n) is 15.0. The van der Waals surface area contributed by atoms with Crippen molar-refractivity contribution in [1.29, 1.82) is 0 Å². The number of carbonyl (C=O) groups excluding carboxylic acids is 1. The van der Waals surface area contributed by atoms with Gasteiger partial charge in [-0.2, -0.15) is 13.2 Å². The number of aryl methyl sites for hydroxylation is 1. The van der Waals surface area contributed by atoms with Crippen LogP contribution in [0.25, 0.3) is 0 Å². The summed E-state index contributed by atoms with van der Waals surface area (Å²) in [6.45, 7) is 2.60. The van der Waals surface area contributed by atoms with Gasteiger partial charge in [0.15, 0.2) is 0 Å². The van der Waals surface area contributed by atoms with Gasteiger partial charge >= 0.3 is 6.18 Å². The number of anilines is 2. The van der Waals surface area contributed by atoms with Crippen LogP contribution in [0.3, 0.4) is 0 Å². The Morgan fingerprint density at radius 1 is 1.04 bits per heavy atom. The van der Waals surface area contributed by atoms with Gasteiger partial charge < -0.3 is 10.6 Å². The van der Waals surface area contributed by atoms with E-state index in [2.05, 4.69) is 15.6 Å². The van der Waals surface area contributed by atoms with Crippen molar-refractivity contribution < 1.29 is 18.0 Å². The monoisotopic (exact) mass is 385 g/mol. The van der Waals surface area contributed by atoms with Gasteiger partial charge in [0.2, 0.25) is 0 Å². The van der Waals surface area contributed by atoms with Crippen LogP contribution in [0.15, 0.2) is 66.9 Å². The molecule has 1 aromatic heterocycles. The fourth-order valence-electron chi connectivity index (χ4n) is 2.51. The van der Waals surface area contributed by atoms with Gasteiger partial charge in [0.25, 0.3) is 5.91 Å². The first-order valence-electron chi connectivity index (χ1n) is 8.55. The van der Waals surface area contributed by atoms with E-state index in [0.29, 0.717) is 12.4 Å². The van der Waals surface area contributed by atoms with E-state index in [9.17, 15) is 18.0 Å². The Labute approximate surface area is 160 Å². The van der Waals surface area contributed by atoms with Crippen LogP contribution in [-0.2, 0) is 12.7 Å². The fraction of sp³-hybridized carbons (Fsp3) is 0.143. The maximum absolute atomic E-state index is 12.8. The van der Waals surface area contributed by atoms with E-state index in [1.807, 2.05) is 31.2 Å². The summed E-state index contributed by atoms with van der Waals surface area (Å²) in [5.74, 6) is 0.0631. The maximum atomic E-state index is 12.8. The van der Waals surface area contributed by atoms with Gasteiger partial charge in [0.05, 0.1) is 11.1 Å². The molecule has 0 aliphatic carbocycles. The molecule has 0 aliphatic heterocycles. The van der Waals surface area contributed by atoms with Crippen LogP contribution in [-0.4, -0.2) is 10.9 Å². The Balaban J connectivity index is 1.61. The van der Waals surface area contributed by atoms with Gasteiger partial charge in [-0.25, -0.2) is 4.98 Å². The number of nitrogens with zero attached hydrogens (tertiary/aromatic N) is 1. The van der Waals surface area contributed by atoms with E-state index in [1.165, 1.54) is 23.9 Å². The van der Waals surface area contributed by atoms with Gasteiger partial charge in [-0.3, -0.25) is 4.79 Å². The summed E-state index contributed by atoms with van der Waals surface area (Å²) < 4.78 is 38.3. The van der Waals surface area contributed by atoms with Crippen molar-refractivity contribution in [3.05, 3.63) is 89.1 Å². The topological polar surface area (TPSA) is 54.0 Å². The number of benzene rings is 2. The molecule has 28 heavy (non-hydrogen) atoms. The van der Waals surface area contributed by atoms with E-state index in [1.54, 1.807) is 12.1 Å². The molecule has 1 heterocycles. The first-order valence-corrected chi connectivity index (χ1v) is 8.55. The zero-order chi connectivity index (χ0) is 20.1. The molecule has 0 unspecified atom stereocenters. The number of alkyl halides is 3. The average Bonchev–Trinajstić information content (AvgIpc) is 2.67. The summed E-state index contributed by atoms with van der Waals surface area (Å²) in [6.07, 6.45) is -3.09. The fourth-order valence-corrected chi connectivity index (χ4v) is 2.51. The molecular formula is C21H18F3N3O. The molecule has 0 saturated carbocycles. The minimum atomic E-state index is -4.47. The molecule has 0 radical (unpaired) electrons. The Kier molecular flexibility index (Phi) is 5.63. The summed E-state index contributed by atoms with van der Waals surface area (Å²) >= 11 is 0. The summed E-state index contributed by atoms with van der Waals surface area (Å²) in [5.41, 5.74) is 1.77. The van der Waals surface area contributed by atoms with Crippen LogP contribution < -0.4 is 10.6 Å². The Morgan fingerprint density at radius 3 is 2.43 bits per heavy atom. The number of amides is 1. The molecule has 2 N–H and O–H groups in total. The number of carbonyl (C=O) groups is 1. The predicted molar refractivity (Wildman–Crippen MR) is 102 cm³/mol. The number of halogens is 3. The molecule has 4 nitrogen and oxygen atoms in total. The Morgan fingerprint density at radius 2 is 1.79 bits per heavy atom. The molecule has 2 aromatic carbocycles. The third-order valence-corrected chi connectivity index (χ3v) is 4.07. The average molecular weight is 385 g/mol. The van der Waals surface area contributed by atoms with Crippen LogP contribution in [0, 0.1) is 6.92 Å². The van der Waals surface area contributed by atoms with E-state index in [0.717, 1.165) is 17.7 Å². The highest BCUT2D eigenvalue weighted by Gasteiger charge is 2.30. The first kappa shape index (κ1) is 19.4. The van der Waals surface area contributed by atoms with Gasteiger partial charge in [-0.15, -0.1) is 0 Å². The van der Waals surface area contributed by atoms with E-state index >= 15 is 0 Å². The second kappa shape index (κ2) is 8.12. The molecule has 3 rings (SSSR count). The van der Waals surface area contributed by atoms with Gasteiger partial charge in [0.1, 0.15) is 5.82 Å². The molecule has 1 amide bonds. The van der Waals surface area contributed by atoms with Crippen molar-refractivity contribution in [2.75, 3.05) is 10.6 Å². The number of hydrogen-bond donors (Lipinski definition) is 2. The molecular weight excluding hydrogens is 367 g/mol.